The molecule has 3 heterocycles. The van der Waals surface area contributed by atoms with Crippen molar-refractivity contribution < 1.29 is 33.4 Å². The Hall–Kier alpha value is -3.00. The topological polar surface area (TPSA) is 99.2 Å². The summed E-state index contributed by atoms with van der Waals surface area (Å²) in [6, 6.07) is 5.35. The lowest BCUT2D eigenvalue weighted by Gasteiger charge is -2.34. The minimum atomic E-state index is -1.53. The van der Waals surface area contributed by atoms with E-state index >= 15 is 0 Å². The van der Waals surface area contributed by atoms with Crippen LogP contribution in [0.5, 0.6) is 0 Å². The molecule has 0 spiro atoms. The monoisotopic (exact) mass is 399 g/mol. The Kier molecular flexibility index (Phi) is 4.34. The maximum Gasteiger partial charge on any atom is 0.305 e. The summed E-state index contributed by atoms with van der Waals surface area (Å²) >= 11 is 0. The Morgan fingerprint density at radius 1 is 1.07 bits per heavy atom. The fraction of sp³-hybridized carbons (Fsp3) is 0.429. The summed E-state index contributed by atoms with van der Waals surface area (Å²) in [7, 11) is 0. The zero-order chi connectivity index (χ0) is 21.1. The maximum absolute atomic E-state index is 13.4. The van der Waals surface area contributed by atoms with Gasteiger partial charge in [-0.05, 0) is 43.2 Å². The van der Waals surface area contributed by atoms with Crippen LogP contribution in [-0.2, 0) is 33.4 Å². The number of ether oxygens (including phenoxy) is 3. The number of imide groups is 1. The number of amides is 2. The SMILES string of the molecule is CC(=O)OC(OC(C)=O)C12C=CC(O1)C1C(=O)N(c3ccc(C)c(C)c3)C(=O)C12. The van der Waals surface area contributed by atoms with E-state index in [0.29, 0.717) is 5.69 Å². The van der Waals surface area contributed by atoms with Crippen LogP contribution in [0.15, 0.2) is 30.4 Å². The molecule has 29 heavy (non-hydrogen) atoms. The molecule has 0 aromatic heterocycles. The van der Waals surface area contributed by atoms with Crippen LogP contribution < -0.4 is 4.90 Å². The number of anilines is 1. The van der Waals surface area contributed by atoms with Crippen LogP contribution in [0.25, 0.3) is 0 Å². The number of rotatable bonds is 4. The fourth-order valence-electron chi connectivity index (χ4n) is 4.34. The summed E-state index contributed by atoms with van der Waals surface area (Å²) in [6.45, 7) is 6.17. The van der Waals surface area contributed by atoms with Crippen LogP contribution in [0.2, 0.25) is 0 Å². The molecule has 4 atom stereocenters. The molecule has 2 fully saturated rings. The third-order valence-electron chi connectivity index (χ3n) is 5.74. The van der Waals surface area contributed by atoms with Gasteiger partial charge < -0.3 is 14.2 Å². The average molecular weight is 399 g/mol. The molecular weight excluding hydrogens is 378 g/mol. The van der Waals surface area contributed by atoms with Crippen molar-refractivity contribution in [3.05, 3.63) is 41.5 Å². The normalized spacial score (nSPS) is 29.6. The Morgan fingerprint density at radius 3 is 2.31 bits per heavy atom. The lowest BCUT2D eigenvalue weighted by atomic mass is 9.76. The van der Waals surface area contributed by atoms with E-state index in [-0.39, 0.29) is 5.91 Å². The molecule has 1 aromatic rings. The predicted molar refractivity (Wildman–Crippen MR) is 99.5 cm³/mol. The van der Waals surface area contributed by atoms with Crippen LogP contribution in [-0.4, -0.2) is 41.7 Å². The van der Waals surface area contributed by atoms with E-state index in [1.807, 2.05) is 19.9 Å². The van der Waals surface area contributed by atoms with Gasteiger partial charge >= 0.3 is 11.9 Å². The van der Waals surface area contributed by atoms with Crippen molar-refractivity contribution in [3.63, 3.8) is 0 Å². The third-order valence-corrected chi connectivity index (χ3v) is 5.74. The predicted octanol–water partition coefficient (Wildman–Crippen LogP) is 1.57. The fourth-order valence-corrected chi connectivity index (χ4v) is 4.34. The van der Waals surface area contributed by atoms with E-state index in [4.69, 9.17) is 14.2 Å². The molecule has 4 unspecified atom stereocenters. The number of carbonyl (C=O) groups excluding carboxylic acids is 4. The van der Waals surface area contributed by atoms with Crippen LogP contribution in [0.4, 0.5) is 5.69 Å². The van der Waals surface area contributed by atoms with Crippen molar-refractivity contribution in [2.45, 2.75) is 45.7 Å². The van der Waals surface area contributed by atoms with Gasteiger partial charge in [-0.3, -0.25) is 19.2 Å². The molecule has 152 valence electrons. The minimum Gasteiger partial charge on any atom is -0.422 e. The van der Waals surface area contributed by atoms with Crippen molar-refractivity contribution >= 4 is 29.4 Å². The van der Waals surface area contributed by atoms with E-state index < -0.39 is 47.7 Å². The molecule has 8 nitrogen and oxygen atoms in total. The summed E-state index contributed by atoms with van der Waals surface area (Å²) < 4.78 is 16.3. The number of fused-ring (bicyclic) bond motifs is 5. The van der Waals surface area contributed by atoms with Gasteiger partial charge in [-0.1, -0.05) is 12.1 Å². The summed E-state index contributed by atoms with van der Waals surface area (Å²) in [5, 5.41) is 0. The highest BCUT2D eigenvalue weighted by molar-refractivity contribution is 6.23. The highest BCUT2D eigenvalue weighted by Gasteiger charge is 2.72. The quantitative estimate of drug-likeness (QED) is 0.328. The first-order valence-corrected chi connectivity index (χ1v) is 9.32. The Labute approximate surface area is 167 Å². The van der Waals surface area contributed by atoms with Gasteiger partial charge in [0.2, 0.25) is 11.8 Å². The van der Waals surface area contributed by atoms with Gasteiger partial charge in [0.15, 0.2) is 5.60 Å². The number of nitrogens with zero attached hydrogens (tertiary/aromatic N) is 1. The van der Waals surface area contributed by atoms with E-state index in [1.165, 1.54) is 13.8 Å². The number of hydrogen-bond donors (Lipinski definition) is 0. The number of benzene rings is 1. The molecule has 8 heteroatoms. The van der Waals surface area contributed by atoms with Crippen molar-refractivity contribution in [2.24, 2.45) is 11.8 Å². The number of hydrogen-bond acceptors (Lipinski definition) is 7. The smallest absolute Gasteiger partial charge is 0.305 e. The first kappa shape index (κ1) is 19.3. The van der Waals surface area contributed by atoms with Crippen LogP contribution in [0, 0.1) is 25.7 Å². The van der Waals surface area contributed by atoms with Crippen molar-refractivity contribution in [1.29, 1.82) is 0 Å². The lowest BCUT2D eigenvalue weighted by molar-refractivity contribution is -0.226. The Bertz CT molecular complexity index is 952. The molecule has 3 aliphatic heterocycles. The van der Waals surface area contributed by atoms with E-state index in [2.05, 4.69) is 0 Å². The minimum absolute atomic E-state index is 0.385. The first-order valence-electron chi connectivity index (χ1n) is 9.32. The van der Waals surface area contributed by atoms with E-state index in [0.717, 1.165) is 16.0 Å². The summed E-state index contributed by atoms with van der Waals surface area (Å²) in [6.07, 6.45) is 1.08. The second-order valence-electron chi connectivity index (χ2n) is 7.63. The van der Waals surface area contributed by atoms with E-state index in [9.17, 15) is 19.2 Å². The van der Waals surface area contributed by atoms with Gasteiger partial charge in [-0.15, -0.1) is 0 Å². The number of esters is 2. The van der Waals surface area contributed by atoms with Gasteiger partial charge in [-0.2, -0.15) is 0 Å². The summed E-state index contributed by atoms with van der Waals surface area (Å²) in [5.74, 6) is -3.99. The highest BCUT2D eigenvalue weighted by Crippen LogP contribution is 2.54. The van der Waals surface area contributed by atoms with Crippen LogP contribution in [0.1, 0.15) is 25.0 Å². The van der Waals surface area contributed by atoms with E-state index in [1.54, 1.807) is 24.3 Å². The molecule has 2 saturated heterocycles. The third kappa shape index (κ3) is 2.78. The molecule has 3 aliphatic rings. The molecule has 2 bridgehead atoms. The largest absolute Gasteiger partial charge is 0.422 e. The first-order chi connectivity index (χ1) is 13.7. The van der Waals surface area contributed by atoms with Gasteiger partial charge in [0.05, 0.1) is 23.6 Å². The molecule has 0 saturated carbocycles. The highest BCUT2D eigenvalue weighted by atomic mass is 16.7. The molecule has 0 aliphatic carbocycles. The standard InChI is InChI=1S/C21H21NO7/c1-10-5-6-14(9-11(10)2)22-18(25)16-15-7-8-21(29-15,17(16)19(22)26)20(27-12(3)23)28-13(4)24/h5-9,15-17,20H,1-4H3. The molecule has 2 amide bonds. The van der Waals surface area contributed by atoms with Crippen molar-refractivity contribution in [2.75, 3.05) is 4.90 Å². The molecule has 0 N–H and O–H groups in total. The van der Waals surface area contributed by atoms with Crippen LogP contribution in [0.3, 0.4) is 0 Å². The Morgan fingerprint density at radius 2 is 1.72 bits per heavy atom. The number of aryl methyl sites for hydroxylation is 2. The zero-order valence-corrected chi connectivity index (χ0v) is 16.5. The van der Waals surface area contributed by atoms with Crippen molar-refractivity contribution in [1.82, 2.24) is 0 Å². The van der Waals surface area contributed by atoms with Gasteiger partial charge in [0.25, 0.3) is 6.29 Å². The molecule has 1 aromatic carbocycles. The van der Waals surface area contributed by atoms with Gasteiger partial charge in [0.1, 0.15) is 0 Å². The summed E-state index contributed by atoms with van der Waals surface area (Å²) in [4.78, 5) is 50.9. The van der Waals surface area contributed by atoms with Gasteiger partial charge in [0, 0.05) is 13.8 Å². The second kappa shape index (κ2) is 6.52. The lowest BCUT2D eigenvalue weighted by Crippen LogP contribution is -2.52. The maximum atomic E-state index is 13.4. The average Bonchev–Trinajstić information content (AvgIpc) is 3.28. The van der Waals surface area contributed by atoms with Crippen LogP contribution >= 0.6 is 0 Å². The second-order valence-corrected chi connectivity index (χ2v) is 7.63. The summed E-state index contributed by atoms with van der Waals surface area (Å²) in [5.41, 5.74) is 0.932. The molecular formula is C21H21NO7. The molecule has 0 radical (unpaired) electrons. The van der Waals surface area contributed by atoms with Gasteiger partial charge in [-0.25, -0.2) is 4.90 Å². The van der Waals surface area contributed by atoms with Crippen molar-refractivity contribution in [3.8, 4) is 0 Å². The zero-order valence-electron chi connectivity index (χ0n) is 16.5. The molecule has 4 rings (SSSR count). The number of carbonyl (C=O) groups is 4. The Balaban J connectivity index is 1.75.